The molecule has 0 saturated heterocycles. The standard InChI is InChI=1S/C14H30N2O2/c1-7-10-13(14(17)18-9-3)16(8-2)12(4)11-15(5)6/h12-13H,7-11H2,1-6H3. The Balaban J connectivity index is 4.74. The predicted octanol–water partition coefficient (Wildman–Crippen LogP) is 1.99. The summed E-state index contributed by atoms with van der Waals surface area (Å²) in [6.07, 6.45) is 1.86. The highest BCUT2D eigenvalue weighted by Crippen LogP contribution is 2.13. The summed E-state index contributed by atoms with van der Waals surface area (Å²) >= 11 is 0. The van der Waals surface area contributed by atoms with Crippen molar-refractivity contribution in [3.8, 4) is 0 Å². The molecule has 0 amide bonds. The lowest BCUT2D eigenvalue weighted by Gasteiger charge is -2.35. The van der Waals surface area contributed by atoms with Gasteiger partial charge in [-0.25, -0.2) is 0 Å². The first kappa shape index (κ1) is 17.4. The van der Waals surface area contributed by atoms with Crippen LogP contribution in [0, 0.1) is 0 Å². The quantitative estimate of drug-likeness (QED) is 0.592. The lowest BCUT2D eigenvalue weighted by atomic mass is 10.1. The fraction of sp³-hybridized carbons (Fsp3) is 0.929. The zero-order chi connectivity index (χ0) is 14.1. The third kappa shape index (κ3) is 5.83. The van der Waals surface area contributed by atoms with Gasteiger partial charge in [0, 0.05) is 12.6 Å². The average molecular weight is 258 g/mol. The second kappa shape index (κ2) is 9.34. The maximum atomic E-state index is 12.0. The average Bonchev–Trinajstić information content (AvgIpc) is 2.28. The molecule has 2 unspecified atom stereocenters. The minimum absolute atomic E-state index is 0.0770. The van der Waals surface area contributed by atoms with Crippen molar-refractivity contribution in [2.75, 3.05) is 33.8 Å². The van der Waals surface area contributed by atoms with Crippen molar-refractivity contribution in [3.63, 3.8) is 0 Å². The first-order chi connectivity index (χ1) is 8.47. The van der Waals surface area contributed by atoms with Crippen molar-refractivity contribution in [1.82, 2.24) is 9.80 Å². The van der Waals surface area contributed by atoms with Crippen molar-refractivity contribution < 1.29 is 9.53 Å². The van der Waals surface area contributed by atoms with Crippen LogP contribution in [0.2, 0.25) is 0 Å². The molecule has 4 nitrogen and oxygen atoms in total. The molecule has 0 spiro atoms. The minimum Gasteiger partial charge on any atom is -0.465 e. The number of hydrogen-bond acceptors (Lipinski definition) is 4. The lowest BCUT2D eigenvalue weighted by Crippen LogP contribution is -2.50. The highest BCUT2D eigenvalue weighted by atomic mass is 16.5. The van der Waals surface area contributed by atoms with Gasteiger partial charge in [0.25, 0.3) is 0 Å². The van der Waals surface area contributed by atoms with Crippen molar-refractivity contribution in [3.05, 3.63) is 0 Å². The van der Waals surface area contributed by atoms with E-state index in [2.05, 4.69) is 44.7 Å². The summed E-state index contributed by atoms with van der Waals surface area (Å²) in [4.78, 5) is 16.5. The Morgan fingerprint density at radius 1 is 1.22 bits per heavy atom. The summed E-state index contributed by atoms with van der Waals surface area (Å²) < 4.78 is 5.20. The van der Waals surface area contributed by atoms with Gasteiger partial charge in [0.1, 0.15) is 6.04 Å². The van der Waals surface area contributed by atoms with E-state index in [4.69, 9.17) is 4.74 Å². The fourth-order valence-corrected chi connectivity index (χ4v) is 2.40. The molecule has 0 heterocycles. The summed E-state index contributed by atoms with van der Waals surface area (Å²) in [5.41, 5.74) is 0. The maximum Gasteiger partial charge on any atom is 0.323 e. The number of likely N-dealkylation sites (N-methyl/N-ethyl adjacent to an activating group) is 2. The summed E-state index contributed by atoms with van der Waals surface area (Å²) in [5.74, 6) is -0.0770. The van der Waals surface area contributed by atoms with Gasteiger partial charge < -0.3 is 9.64 Å². The summed E-state index contributed by atoms with van der Waals surface area (Å²) in [6, 6.07) is 0.251. The van der Waals surface area contributed by atoms with E-state index in [0.717, 1.165) is 25.9 Å². The maximum absolute atomic E-state index is 12.0. The second-order valence-corrected chi connectivity index (χ2v) is 5.00. The zero-order valence-electron chi connectivity index (χ0n) is 12.9. The van der Waals surface area contributed by atoms with E-state index in [0.29, 0.717) is 12.6 Å². The molecule has 0 bridgehead atoms. The normalized spacial score (nSPS) is 14.9. The Hall–Kier alpha value is -0.610. The molecular formula is C14H30N2O2. The van der Waals surface area contributed by atoms with Gasteiger partial charge >= 0.3 is 5.97 Å². The molecule has 0 rings (SSSR count). The third-order valence-electron chi connectivity index (χ3n) is 3.08. The van der Waals surface area contributed by atoms with E-state index in [9.17, 15) is 4.79 Å². The smallest absolute Gasteiger partial charge is 0.323 e. The first-order valence-corrected chi connectivity index (χ1v) is 7.04. The molecule has 4 heteroatoms. The molecule has 0 aliphatic rings. The van der Waals surface area contributed by atoms with E-state index in [1.807, 2.05) is 6.92 Å². The van der Waals surface area contributed by atoms with Crippen molar-refractivity contribution in [2.24, 2.45) is 0 Å². The number of ether oxygens (including phenoxy) is 1. The van der Waals surface area contributed by atoms with Crippen molar-refractivity contribution in [2.45, 2.75) is 52.6 Å². The van der Waals surface area contributed by atoms with Crippen LogP contribution in [-0.2, 0) is 9.53 Å². The number of carbonyl (C=O) groups is 1. The molecule has 0 radical (unpaired) electrons. The molecule has 0 aliphatic heterocycles. The lowest BCUT2D eigenvalue weighted by molar-refractivity contribution is -0.150. The Morgan fingerprint density at radius 2 is 1.83 bits per heavy atom. The number of rotatable bonds is 9. The van der Waals surface area contributed by atoms with Gasteiger partial charge in [-0.2, -0.15) is 0 Å². The molecule has 0 fully saturated rings. The van der Waals surface area contributed by atoms with Crippen molar-refractivity contribution >= 4 is 5.97 Å². The molecule has 0 saturated carbocycles. The number of hydrogen-bond donors (Lipinski definition) is 0. The van der Waals surface area contributed by atoms with Gasteiger partial charge in [0.15, 0.2) is 0 Å². The molecule has 2 atom stereocenters. The Bertz CT molecular complexity index is 232. The summed E-state index contributed by atoms with van der Waals surface area (Å²) in [6.45, 7) is 10.5. The van der Waals surface area contributed by atoms with E-state index < -0.39 is 0 Å². The van der Waals surface area contributed by atoms with Crippen LogP contribution >= 0.6 is 0 Å². The summed E-state index contributed by atoms with van der Waals surface area (Å²) in [7, 11) is 4.12. The molecule has 0 aromatic rings. The van der Waals surface area contributed by atoms with Gasteiger partial charge in [-0.05, 0) is 40.9 Å². The largest absolute Gasteiger partial charge is 0.465 e. The summed E-state index contributed by atoms with van der Waals surface area (Å²) in [5, 5.41) is 0. The van der Waals surface area contributed by atoms with E-state index >= 15 is 0 Å². The van der Waals surface area contributed by atoms with Crippen LogP contribution in [0.3, 0.4) is 0 Å². The van der Waals surface area contributed by atoms with Crippen LogP contribution in [0.15, 0.2) is 0 Å². The highest BCUT2D eigenvalue weighted by molar-refractivity contribution is 5.75. The van der Waals surface area contributed by atoms with Crippen LogP contribution in [0.25, 0.3) is 0 Å². The van der Waals surface area contributed by atoms with E-state index in [-0.39, 0.29) is 12.0 Å². The molecule has 108 valence electrons. The van der Waals surface area contributed by atoms with Gasteiger partial charge in [-0.1, -0.05) is 20.3 Å². The van der Waals surface area contributed by atoms with Crippen LogP contribution in [-0.4, -0.2) is 61.6 Å². The zero-order valence-corrected chi connectivity index (χ0v) is 12.9. The third-order valence-corrected chi connectivity index (χ3v) is 3.08. The molecule has 0 aromatic carbocycles. The highest BCUT2D eigenvalue weighted by Gasteiger charge is 2.28. The van der Waals surface area contributed by atoms with Gasteiger partial charge in [0.2, 0.25) is 0 Å². The van der Waals surface area contributed by atoms with Gasteiger partial charge in [-0.3, -0.25) is 9.69 Å². The number of esters is 1. The van der Waals surface area contributed by atoms with Crippen LogP contribution in [0.5, 0.6) is 0 Å². The Morgan fingerprint density at radius 3 is 2.22 bits per heavy atom. The number of nitrogens with zero attached hydrogens (tertiary/aromatic N) is 2. The SMILES string of the molecule is CCCC(C(=O)OCC)N(CC)C(C)CN(C)C. The second-order valence-electron chi connectivity index (χ2n) is 5.00. The molecule has 18 heavy (non-hydrogen) atoms. The van der Waals surface area contributed by atoms with Crippen molar-refractivity contribution in [1.29, 1.82) is 0 Å². The topological polar surface area (TPSA) is 32.8 Å². The molecular weight excluding hydrogens is 228 g/mol. The predicted molar refractivity (Wildman–Crippen MR) is 75.7 cm³/mol. The Labute approximate surface area is 112 Å². The molecule has 0 aliphatic carbocycles. The monoisotopic (exact) mass is 258 g/mol. The fourth-order valence-electron chi connectivity index (χ4n) is 2.40. The minimum atomic E-state index is -0.102. The number of carbonyl (C=O) groups excluding carboxylic acids is 1. The van der Waals surface area contributed by atoms with E-state index in [1.165, 1.54) is 0 Å². The van der Waals surface area contributed by atoms with Crippen LogP contribution in [0.1, 0.15) is 40.5 Å². The molecule has 0 N–H and O–H groups in total. The molecule has 0 aromatic heterocycles. The van der Waals surface area contributed by atoms with Gasteiger partial charge in [0.05, 0.1) is 6.61 Å². The van der Waals surface area contributed by atoms with E-state index in [1.54, 1.807) is 0 Å². The van der Waals surface area contributed by atoms with Crippen LogP contribution in [0.4, 0.5) is 0 Å². The van der Waals surface area contributed by atoms with Gasteiger partial charge in [-0.15, -0.1) is 0 Å². The van der Waals surface area contributed by atoms with Crippen LogP contribution < -0.4 is 0 Å². The first-order valence-electron chi connectivity index (χ1n) is 7.04. The Kier molecular flexibility index (Phi) is 9.02.